The van der Waals surface area contributed by atoms with Crippen molar-refractivity contribution in [3.63, 3.8) is 0 Å². The topological polar surface area (TPSA) is 26.3 Å². The van der Waals surface area contributed by atoms with E-state index in [2.05, 4.69) is 7.05 Å². The van der Waals surface area contributed by atoms with Crippen LogP contribution in [0, 0.1) is 23.2 Å². The Kier molecular flexibility index (Phi) is 4.18. The predicted octanol–water partition coefficient (Wildman–Crippen LogP) is 4.52. The number of ether oxygens (including phenoxy) is 1. The van der Waals surface area contributed by atoms with Crippen LogP contribution in [-0.2, 0) is 9.53 Å². The van der Waals surface area contributed by atoms with E-state index in [1.54, 1.807) is 0 Å². The van der Waals surface area contributed by atoms with Gasteiger partial charge >= 0.3 is 5.97 Å². The van der Waals surface area contributed by atoms with E-state index in [9.17, 15) is 4.79 Å². The molecule has 6 rings (SSSR count). The van der Waals surface area contributed by atoms with Crippen molar-refractivity contribution in [2.24, 2.45) is 23.2 Å². The number of halogens is 1. The number of esters is 1. The van der Waals surface area contributed by atoms with Crippen molar-refractivity contribution >= 4 is 17.6 Å². The molecular formula is C22H35ClNO2+. The van der Waals surface area contributed by atoms with Crippen molar-refractivity contribution in [1.82, 2.24) is 0 Å². The van der Waals surface area contributed by atoms with Gasteiger partial charge < -0.3 is 9.22 Å². The summed E-state index contributed by atoms with van der Waals surface area (Å²) in [6, 6.07) is 0.709. The molecule has 0 aromatic rings. The van der Waals surface area contributed by atoms with Crippen molar-refractivity contribution in [1.29, 1.82) is 0 Å². The molecule has 2 aliphatic heterocycles. The van der Waals surface area contributed by atoms with Crippen molar-refractivity contribution in [3.05, 3.63) is 0 Å². The Morgan fingerprint density at radius 1 is 1.08 bits per heavy atom. The van der Waals surface area contributed by atoms with Crippen LogP contribution in [0.25, 0.3) is 0 Å². The van der Waals surface area contributed by atoms with Crippen molar-refractivity contribution in [2.45, 2.75) is 81.5 Å². The number of hydrogen-bond donors (Lipinski definition) is 0. The highest BCUT2D eigenvalue weighted by Crippen LogP contribution is 2.64. The molecule has 0 aromatic heterocycles. The Morgan fingerprint density at radius 2 is 1.81 bits per heavy atom. The Labute approximate surface area is 163 Å². The van der Waals surface area contributed by atoms with Crippen molar-refractivity contribution in [2.75, 3.05) is 26.7 Å². The van der Waals surface area contributed by atoms with E-state index in [1.807, 2.05) is 0 Å². The third kappa shape index (κ3) is 2.83. The maximum atomic E-state index is 13.2. The molecule has 3 nitrogen and oxygen atoms in total. The Hall–Kier alpha value is -0.280. The number of rotatable bonds is 3. The lowest BCUT2D eigenvalue weighted by molar-refractivity contribution is -0.947. The first-order valence-electron chi connectivity index (χ1n) is 11.1. The highest BCUT2D eigenvalue weighted by Gasteiger charge is 2.61. The molecule has 4 saturated carbocycles. The van der Waals surface area contributed by atoms with Gasteiger partial charge in [-0.3, -0.25) is 4.79 Å². The molecule has 0 radical (unpaired) electrons. The summed E-state index contributed by atoms with van der Waals surface area (Å²) in [4.78, 5) is 13.1. The van der Waals surface area contributed by atoms with Crippen LogP contribution in [0.2, 0.25) is 0 Å². The normalized spacial score (nSPS) is 52.5. The fourth-order valence-corrected chi connectivity index (χ4v) is 8.85. The molecule has 4 bridgehead atoms. The number of fused-ring (bicyclic) bond motifs is 1. The molecule has 0 spiro atoms. The molecule has 5 atom stereocenters. The molecule has 26 heavy (non-hydrogen) atoms. The zero-order valence-corrected chi connectivity index (χ0v) is 17.1. The standard InChI is InChI=1S/C22H35ClNO2/c1-24-7-3-2-6-19(24)18(5-4-8-24)14-26-20(25)21-10-16-9-17(11-21)13-22(23,12-16)15-21/h16-19H,2-15H2,1H3/q+1. The van der Waals surface area contributed by atoms with Gasteiger partial charge in [0.15, 0.2) is 0 Å². The first-order chi connectivity index (χ1) is 12.4. The highest BCUT2D eigenvalue weighted by molar-refractivity contribution is 6.24. The fraction of sp³-hybridized carbons (Fsp3) is 0.955. The van der Waals surface area contributed by atoms with Gasteiger partial charge in [0.2, 0.25) is 0 Å². The molecule has 2 heterocycles. The third-order valence-corrected chi connectivity index (χ3v) is 9.30. The smallest absolute Gasteiger partial charge is 0.312 e. The van der Waals surface area contributed by atoms with Crippen LogP contribution in [0.3, 0.4) is 0 Å². The SMILES string of the molecule is C[N+]12CCCCC1C(COC(=O)C13CC4CC(CC(Cl)(C4)C1)C3)CCC2. The second-order valence-electron chi connectivity index (χ2n) is 10.9. The van der Waals surface area contributed by atoms with Gasteiger partial charge in [-0.2, -0.15) is 0 Å². The monoisotopic (exact) mass is 380 g/mol. The van der Waals surface area contributed by atoms with Crippen LogP contribution < -0.4 is 0 Å². The minimum Gasteiger partial charge on any atom is -0.465 e. The van der Waals surface area contributed by atoms with E-state index in [0.717, 1.165) is 32.1 Å². The van der Waals surface area contributed by atoms with Gasteiger partial charge in [0.1, 0.15) is 0 Å². The van der Waals surface area contributed by atoms with Gasteiger partial charge in [0.25, 0.3) is 0 Å². The summed E-state index contributed by atoms with van der Waals surface area (Å²) < 4.78 is 7.32. The van der Waals surface area contributed by atoms with Gasteiger partial charge in [0.05, 0.1) is 38.2 Å². The first kappa shape index (κ1) is 17.8. The van der Waals surface area contributed by atoms with Crippen LogP contribution in [0.4, 0.5) is 0 Å². The van der Waals surface area contributed by atoms with Crippen molar-refractivity contribution in [3.8, 4) is 0 Å². The van der Waals surface area contributed by atoms with Crippen LogP contribution >= 0.6 is 11.6 Å². The highest BCUT2D eigenvalue weighted by atomic mass is 35.5. The molecule has 6 fully saturated rings. The van der Waals surface area contributed by atoms with E-state index in [0.29, 0.717) is 30.4 Å². The van der Waals surface area contributed by atoms with Gasteiger partial charge in [-0.05, 0) is 76.0 Å². The molecule has 0 aromatic carbocycles. The average molecular weight is 381 g/mol. The molecule has 4 heteroatoms. The zero-order chi connectivity index (χ0) is 18.0. The molecule has 4 aliphatic carbocycles. The number of alkyl halides is 1. The summed E-state index contributed by atoms with van der Waals surface area (Å²) in [7, 11) is 2.44. The zero-order valence-electron chi connectivity index (χ0n) is 16.4. The number of quaternary nitrogens is 1. The minimum atomic E-state index is -0.245. The van der Waals surface area contributed by atoms with Crippen LogP contribution in [0.5, 0.6) is 0 Å². The lowest BCUT2D eigenvalue weighted by Gasteiger charge is -2.58. The molecule has 2 saturated heterocycles. The number of carbonyl (C=O) groups is 1. The first-order valence-corrected chi connectivity index (χ1v) is 11.5. The van der Waals surface area contributed by atoms with Gasteiger partial charge in [-0.15, -0.1) is 11.6 Å². The number of hydrogen-bond acceptors (Lipinski definition) is 2. The Morgan fingerprint density at radius 3 is 2.54 bits per heavy atom. The molecule has 6 aliphatic rings. The van der Waals surface area contributed by atoms with E-state index in [4.69, 9.17) is 16.3 Å². The van der Waals surface area contributed by atoms with E-state index in [-0.39, 0.29) is 16.3 Å². The average Bonchev–Trinajstić information content (AvgIpc) is 2.56. The summed E-state index contributed by atoms with van der Waals surface area (Å²) in [6.07, 6.45) is 13.1. The summed E-state index contributed by atoms with van der Waals surface area (Å²) in [5.41, 5.74) is -0.245. The Balaban J connectivity index is 1.26. The lowest BCUT2D eigenvalue weighted by Crippen LogP contribution is -2.61. The van der Waals surface area contributed by atoms with E-state index in [1.165, 1.54) is 56.1 Å². The molecule has 146 valence electrons. The second-order valence-corrected chi connectivity index (χ2v) is 11.7. The van der Waals surface area contributed by atoms with Gasteiger partial charge in [0, 0.05) is 17.2 Å². The van der Waals surface area contributed by atoms with Crippen LogP contribution in [-0.4, -0.2) is 48.1 Å². The second kappa shape index (κ2) is 6.11. The number of nitrogens with zero attached hydrogens (tertiary/aromatic N) is 1. The largest absolute Gasteiger partial charge is 0.465 e. The summed E-state index contributed by atoms with van der Waals surface area (Å²) in [6.45, 7) is 3.29. The molecule has 0 amide bonds. The number of piperidine rings is 2. The maximum absolute atomic E-state index is 13.2. The third-order valence-electron chi connectivity index (χ3n) is 8.86. The van der Waals surface area contributed by atoms with Gasteiger partial charge in [-0.1, -0.05) is 0 Å². The van der Waals surface area contributed by atoms with E-state index >= 15 is 0 Å². The van der Waals surface area contributed by atoms with Crippen molar-refractivity contribution < 1.29 is 14.0 Å². The number of carbonyl (C=O) groups excluding carboxylic acids is 1. The predicted molar refractivity (Wildman–Crippen MR) is 103 cm³/mol. The molecule has 0 N–H and O–H groups in total. The lowest BCUT2D eigenvalue weighted by atomic mass is 9.49. The van der Waals surface area contributed by atoms with Gasteiger partial charge in [-0.25, -0.2) is 0 Å². The van der Waals surface area contributed by atoms with E-state index < -0.39 is 0 Å². The minimum absolute atomic E-state index is 0.104. The molecule has 5 unspecified atom stereocenters. The fourth-order valence-electron chi connectivity index (χ4n) is 8.15. The summed E-state index contributed by atoms with van der Waals surface area (Å²) >= 11 is 6.91. The Bertz CT molecular complexity index is 575. The summed E-state index contributed by atoms with van der Waals surface area (Å²) in [5.74, 6) is 1.99. The maximum Gasteiger partial charge on any atom is 0.312 e. The van der Waals surface area contributed by atoms with Crippen LogP contribution in [0.1, 0.15) is 70.6 Å². The summed E-state index contributed by atoms with van der Waals surface area (Å²) in [5, 5.41) is 0. The molecular weight excluding hydrogens is 346 g/mol. The quantitative estimate of drug-likeness (QED) is 0.409. The van der Waals surface area contributed by atoms with Crippen LogP contribution in [0.15, 0.2) is 0 Å².